The number of nitrogens with one attached hydrogen (secondary N) is 1. The molecule has 1 aliphatic rings. The van der Waals surface area contributed by atoms with Crippen molar-refractivity contribution in [3.05, 3.63) is 33.1 Å². The lowest BCUT2D eigenvalue weighted by Gasteiger charge is -2.31. The number of aliphatic hydroxyl groups excluding tert-OH is 3. The maximum atomic E-state index is 11.8. The van der Waals surface area contributed by atoms with E-state index >= 15 is 0 Å². The van der Waals surface area contributed by atoms with Gasteiger partial charge in [-0.2, -0.15) is 0 Å². The van der Waals surface area contributed by atoms with Gasteiger partial charge in [-0.15, -0.1) is 11.8 Å². The van der Waals surface area contributed by atoms with Crippen LogP contribution < -0.4 is 11.2 Å². The first-order chi connectivity index (χ1) is 8.96. The normalized spacial score (nSPS) is 34.6. The van der Waals surface area contributed by atoms with Crippen LogP contribution in [0.1, 0.15) is 0 Å². The lowest BCUT2D eigenvalue weighted by molar-refractivity contribution is -0.0817. The monoisotopic (exact) mass is 290 g/mol. The SMILES string of the molecule is CS[C@@]1(n2ccc(=O)[nH]c2=O)O[C@H](CO)[C@@H](O)[C@H]1O. The fourth-order valence-corrected chi connectivity index (χ4v) is 2.99. The van der Waals surface area contributed by atoms with E-state index in [-0.39, 0.29) is 0 Å². The van der Waals surface area contributed by atoms with Gasteiger partial charge in [0.05, 0.1) is 6.61 Å². The molecule has 9 heteroatoms. The molecular formula is C10H14N2O6S. The van der Waals surface area contributed by atoms with Crippen LogP contribution in [0.3, 0.4) is 0 Å². The van der Waals surface area contributed by atoms with Gasteiger partial charge in [-0.1, -0.05) is 0 Å². The summed E-state index contributed by atoms with van der Waals surface area (Å²) in [5, 5.41) is 27.4. The van der Waals surface area contributed by atoms with Crippen LogP contribution in [0.4, 0.5) is 0 Å². The van der Waals surface area contributed by atoms with Gasteiger partial charge >= 0.3 is 5.69 Å². The number of hydrogen-bond donors (Lipinski definition) is 4. The molecule has 0 aromatic carbocycles. The highest BCUT2D eigenvalue weighted by molar-refractivity contribution is 7.99. The molecule has 0 unspecified atom stereocenters. The van der Waals surface area contributed by atoms with E-state index in [4.69, 9.17) is 9.84 Å². The Morgan fingerprint density at radius 2 is 2.21 bits per heavy atom. The number of rotatable bonds is 3. The molecule has 0 spiro atoms. The Morgan fingerprint density at radius 3 is 2.68 bits per heavy atom. The number of thioether (sulfide) groups is 1. The Hall–Kier alpha value is -1.13. The van der Waals surface area contributed by atoms with E-state index in [9.17, 15) is 19.8 Å². The highest BCUT2D eigenvalue weighted by Crippen LogP contribution is 2.42. The molecule has 0 bridgehead atoms. The molecule has 1 fully saturated rings. The minimum Gasteiger partial charge on any atom is -0.394 e. The molecule has 2 heterocycles. The summed E-state index contributed by atoms with van der Waals surface area (Å²) in [7, 11) is 0. The van der Waals surface area contributed by atoms with Gasteiger partial charge in [-0.25, -0.2) is 4.79 Å². The van der Waals surface area contributed by atoms with Gasteiger partial charge in [0.15, 0.2) is 0 Å². The van der Waals surface area contributed by atoms with Gasteiger partial charge in [-0.05, 0) is 6.26 Å². The van der Waals surface area contributed by atoms with Crippen molar-refractivity contribution < 1.29 is 20.1 Å². The third kappa shape index (κ3) is 2.13. The van der Waals surface area contributed by atoms with E-state index in [0.717, 1.165) is 22.4 Å². The van der Waals surface area contributed by atoms with Gasteiger partial charge in [0.25, 0.3) is 5.56 Å². The molecule has 1 saturated heterocycles. The molecule has 8 nitrogen and oxygen atoms in total. The van der Waals surface area contributed by atoms with Crippen LogP contribution in [0.25, 0.3) is 0 Å². The van der Waals surface area contributed by atoms with Crippen LogP contribution in [0, 0.1) is 0 Å². The largest absolute Gasteiger partial charge is 0.394 e. The van der Waals surface area contributed by atoms with Crippen LogP contribution in [-0.4, -0.2) is 56.0 Å². The predicted molar refractivity (Wildman–Crippen MR) is 66.8 cm³/mol. The number of hydrogen-bond acceptors (Lipinski definition) is 7. The summed E-state index contributed by atoms with van der Waals surface area (Å²) < 4.78 is 6.42. The van der Waals surface area contributed by atoms with E-state index in [0.29, 0.717) is 0 Å². The second kappa shape index (κ2) is 5.10. The first kappa shape index (κ1) is 14.3. The lowest BCUT2D eigenvalue weighted by atomic mass is 10.1. The Morgan fingerprint density at radius 1 is 1.53 bits per heavy atom. The van der Waals surface area contributed by atoms with Crippen LogP contribution in [0.2, 0.25) is 0 Å². The van der Waals surface area contributed by atoms with E-state index < -0.39 is 41.2 Å². The summed E-state index contributed by atoms with van der Waals surface area (Å²) in [5.41, 5.74) is -1.35. The molecule has 4 atom stereocenters. The fourth-order valence-electron chi connectivity index (χ4n) is 2.05. The smallest absolute Gasteiger partial charge is 0.331 e. The maximum Gasteiger partial charge on any atom is 0.331 e. The quantitative estimate of drug-likeness (QED) is 0.490. The zero-order valence-electron chi connectivity index (χ0n) is 10.0. The van der Waals surface area contributed by atoms with Gasteiger partial charge in [0.2, 0.25) is 5.06 Å². The Labute approximate surface area is 111 Å². The van der Waals surface area contributed by atoms with Gasteiger partial charge < -0.3 is 20.1 Å². The van der Waals surface area contributed by atoms with Crippen molar-refractivity contribution in [2.24, 2.45) is 0 Å². The van der Waals surface area contributed by atoms with Crippen molar-refractivity contribution in [3.63, 3.8) is 0 Å². The van der Waals surface area contributed by atoms with Crippen molar-refractivity contribution in [3.8, 4) is 0 Å². The zero-order chi connectivity index (χ0) is 14.2. The molecule has 2 rings (SSSR count). The molecule has 1 aliphatic heterocycles. The van der Waals surface area contributed by atoms with E-state index in [2.05, 4.69) is 0 Å². The number of H-pyrrole nitrogens is 1. The average Bonchev–Trinajstić information content (AvgIpc) is 2.64. The zero-order valence-corrected chi connectivity index (χ0v) is 10.8. The van der Waals surface area contributed by atoms with E-state index in [1.807, 2.05) is 4.98 Å². The van der Waals surface area contributed by atoms with Gasteiger partial charge in [0.1, 0.15) is 18.3 Å². The number of aromatic nitrogens is 2. The molecular weight excluding hydrogens is 276 g/mol. The van der Waals surface area contributed by atoms with E-state index in [1.54, 1.807) is 6.26 Å². The molecule has 0 aliphatic carbocycles. The summed E-state index contributed by atoms with van der Waals surface area (Å²) in [4.78, 5) is 24.9. The van der Waals surface area contributed by atoms with Crippen molar-refractivity contribution in [1.29, 1.82) is 0 Å². The van der Waals surface area contributed by atoms with Crippen molar-refractivity contribution in [1.82, 2.24) is 9.55 Å². The van der Waals surface area contributed by atoms with Gasteiger partial charge in [0, 0.05) is 12.3 Å². The Bertz CT molecular complexity index is 572. The molecule has 1 aromatic heterocycles. The maximum absolute atomic E-state index is 11.8. The number of ether oxygens (including phenoxy) is 1. The fraction of sp³-hybridized carbons (Fsp3) is 0.600. The number of aromatic amines is 1. The highest BCUT2D eigenvalue weighted by atomic mass is 32.2. The standard InChI is InChI=1S/C10H14N2O6S/c1-19-10(8(16)7(15)5(4-13)18-10)12-3-2-6(14)11-9(12)17/h2-3,5,7-8,13,15-16H,4H2,1H3,(H,11,14,17)/t5-,7-,8-,10+/m1/s1. The Kier molecular flexibility index (Phi) is 3.83. The third-order valence-electron chi connectivity index (χ3n) is 3.03. The molecule has 106 valence electrons. The van der Waals surface area contributed by atoms with Crippen molar-refractivity contribution in [2.75, 3.05) is 12.9 Å². The summed E-state index contributed by atoms with van der Waals surface area (Å²) in [6.45, 7) is -0.501. The summed E-state index contributed by atoms with van der Waals surface area (Å²) >= 11 is 0.982. The van der Waals surface area contributed by atoms with Crippen LogP contribution in [-0.2, 0) is 9.79 Å². The van der Waals surface area contributed by atoms with Crippen molar-refractivity contribution >= 4 is 11.8 Å². The number of aliphatic hydroxyl groups is 3. The van der Waals surface area contributed by atoms with Crippen LogP contribution >= 0.6 is 11.8 Å². The molecule has 0 radical (unpaired) electrons. The molecule has 0 amide bonds. The minimum absolute atomic E-state index is 0.501. The third-order valence-corrected chi connectivity index (χ3v) is 4.15. The first-order valence-corrected chi connectivity index (χ1v) is 6.71. The minimum atomic E-state index is -1.59. The van der Waals surface area contributed by atoms with Gasteiger partial charge in [-0.3, -0.25) is 14.3 Å². The van der Waals surface area contributed by atoms with Crippen LogP contribution in [0.15, 0.2) is 21.9 Å². The Balaban J connectivity index is 2.55. The molecule has 0 saturated carbocycles. The van der Waals surface area contributed by atoms with Crippen LogP contribution in [0.5, 0.6) is 0 Å². The van der Waals surface area contributed by atoms with Crippen molar-refractivity contribution in [2.45, 2.75) is 23.4 Å². The summed E-state index contributed by atoms with van der Waals surface area (Å²) in [6.07, 6.45) is -1.03. The predicted octanol–water partition coefficient (Wildman–Crippen LogP) is -2.38. The number of nitrogens with zero attached hydrogens (tertiary/aromatic N) is 1. The van der Waals surface area contributed by atoms with E-state index in [1.165, 1.54) is 6.20 Å². The molecule has 19 heavy (non-hydrogen) atoms. The first-order valence-electron chi connectivity index (χ1n) is 5.48. The second-order valence-electron chi connectivity index (χ2n) is 4.09. The molecule has 4 N–H and O–H groups in total. The topological polar surface area (TPSA) is 125 Å². The summed E-state index contributed by atoms with van der Waals surface area (Å²) in [6, 6.07) is 1.11. The average molecular weight is 290 g/mol. The molecule has 1 aromatic rings. The summed E-state index contributed by atoms with van der Waals surface area (Å²) in [5.74, 6) is 0. The second-order valence-corrected chi connectivity index (χ2v) is 5.08. The lowest BCUT2D eigenvalue weighted by Crippen LogP contribution is -2.49. The highest BCUT2D eigenvalue weighted by Gasteiger charge is 2.55.